The molecular weight excluding hydrogens is 1100 g/mol. The Hall–Kier alpha value is -5.62. The highest BCUT2D eigenvalue weighted by atomic mass is 16.6. The maximum Gasteiger partial charge on any atom is 0.235 e. The third kappa shape index (κ3) is 38.4. The molecule has 3 aromatic carbocycles. The van der Waals surface area contributed by atoms with Crippen molar-refractivity contribution in [2.24, 2.45) is 0 Å². The third-order valence-corrected chi connectivity index (χ3v) is 11.2. The number of ether oxygens (including phenoxy) is 18. The van der Waals surface area contributed by atoms with Gasteiger partial charge in [-0.25, -0.2) is 0 Å². The van der Waals surface area contributed by atoms with Crippen molar-refractivity contribution in [2.45, 2.75) is 12.2 Å². The molecule has 0 saturated carbocycles. The summed E-state index contributed by atoms with van der Waals surface area (Å²) in [6, 6.07) is 18.2. The van der Waals surface area contributed by atoms with Crippen LogP contribution in [-0.4, -0.2) is 235 Å². The Morgan fingerprint density at radius 3 is 0.762 bits per heavy atom. The summed E-state index contributed by atoms with van der Waals surface area (Å²) in [5, 5.41) is 22.1. The second-order valence-electron chi connectivity index (χ2n) is 17.8. The Morgan fingerprint density at radius 2 is 0.536 bits per heavy atom. The monoisotopic (exact) mass is 1190 g/mol. The molecule has 0 spiro atoms. The molecule has 0 fully saturated rings. The second kappa shape index (κ2) is 50.7. The minimum absolute atomic E-state index is 0.122. The van der Waals surface area contributed by atoms with E-state index < -0.39 is 22.1 Å². The fraction of sp³-hybridized carbons (Fsp3) is 0.567. The quantitative estimate of drug-likeness (QED) is 0.0244. The van der Waals surface area contributed by atoms with Gasteiger partial charge in [-0.05, 0) is 34.4 Å². The number of methoxy groups -OCH3 is 4. The lowest BCUT2D eigenvalue weighted by Gasteiger charge is -2.24. The molecule has 0 saturated heterocycles. The van der Waals surface area contributed by atoms with Gasteiger partial charge < -0.3 is 85.3 Å². The van der Waals surface area contributed by atoms with Crippen LogP contribution in [-0.2, 0) is 75.8 Å². The molecule has 24 heteroatoms. The molecule has 0 radical (unpaired) electrons. The van der Waals surface area contributed by atoms with Gasteiger partial charge in [0.2, 0.25) is 12.4 Å². The zero-order valence-corrected chi connectivity index (χ0v) is 49.2. The molecule has 0 heterocycles. The first-order chi connectivity index (χ1) is 41.2. The van der Waals surface area contributed by atoms with Gasteiger partial charge in [-0.15, -0.1) is 0 Å². The molecule has 84 heavy (non-hydrogen) atoms. The Kier molecular flexibility index (Phi) is 43.8. The van der Waals surface area contributed by atoms with Gasteiger partial charge in [-0.3, -0.25) is 20.2 Å². The highest BCUT2D eigenvalue weighted by Gasteiger charge is 2.20. The molecule has 0 aliphatic heterocycles. The van der Waals surface area contributed by atoms with Crippen molar-refractivity contribution in [3.8, 4) is 11.5 Å². The highest BCUT2D eigenvalue weighted by molar-refractivity contribution is 5.79. The van der Waals surface area contributed by atoms with E-state index in [1.165, 1.54) is 12.2 Å². The molecule has 0 N–H and O–H groups in total. The lowest BCUT2D eigenvalue weighted by molar-refractivity contribution is -0.401. The van der Waals surface area contributed by atoms with Gasteiger partial charge in [0.25, 0.3) is 0 Å². The van der Waals surface area contributed by atoms with Crippen LogP contribution in [0.25, 0.3) is 36.5 Å². The first kappa shape index (κ1) is 72.6. The summed E-state index contributed by atoms with van der Waals surface area (Å²) in [7, 11) is 6.46. The predicted octanol–water partition coefficient (Wildman–Crippen LogP) is 6.80. The highest BCUT2D eigenvalue weighted by Crippen LogP contribution is 2.34. The third-order valence-electron chi connectivity index (χ3n) is 11.2. The van der Waals surface area contributed by atoms with Crippen molar-refractivity contribution in [2.75, 3.05) is 213 Å². The first-order valence-electron chi connectivity index (χ1n) is 27.8. The number of benzene rings is 3. The zero-order valence-electron chi connectivity index (χ0n) is 49.2. The Bertz CT molecular complexity index is 2030. The number of nitro groups is 2. The van der Waals surface area contributed by atoms with Crippen molar-refractivity contribution in [3.63, 3.8) is 0 Å². The number of hydrogen-bond acceptors (Lipinski definition) is 22. The normalized spacial score (nSPS) is 12.0. The maximum atomic E-state index is 11.0. The van der Waals surface area contributed by atoms with E-state index in [1.54, 1.807) is 52.7 Å². The van der Waals surface area contributed by atoms with Crippen molar-refractivity contribution in [1.82, 2.24) is 0 Å². The topological polar surface area (TPSA) is 252 Å². The van der Waals surface area contributed by atoms with Crippen LogP contribution in [0.4, 0.5) is 0 Å². The van der Waals surface area contributed by atoms with E-state index in [0.29, 0.717) is 166 Å². The Morgan fingerprint density at radius 1 is 0.321 bits per heavy atom. The molecule has 3 rings (SSSR count). The summed E-state index contributed by atoms with van der Waals surface area (Å²) in [4.78, 5) is 21.0. The van der Waals surface area contributed by atoms with Crippen molar-refractivity contribution < 1.29 is 95.1 Å². The van der Waals surface area contributed by atoms with E-state index in [2.05, 4.69) is 0 Å². The lowest BCUT2D eigenvalue weighted by atomic mass is 10.0. The molecule has 3 aromatic rings. The average molecular weight is 1190 g/mol. The summed E-state index contributed by atoms with van der Waals surface area (Å²) >= 11 is 0. The predicted molar refractivity (Wildman–Crippen MR) is 315 cm³/mol. The molecule has 0 aliphatic carbocycles. The number of rotatable bonds is 56. The minimum Gasteiger partial charge on any atom is -0.485 e. The molecule has 0 aliphatic rings. The van der Waals surface area contributed by atoms with Crippen LogP contribution in [0.5, 0.6) is 11.5 Å². The molecule has 0 aromatic heterocycles. The molecule has 0 bridgehead atoms. The average Bonchev–Trinajstić information content (AvgIpc) is 3.17. The van der Waals surface area contributed by atoms with Crippen molar-refractivity contribution in [1.29, 1.82) is 0 Å². The molecule has 24 nitrogen and oxygen atoms in total. The van der Waals surface area contributed by atoms with Crippen LogP contribution < -0.4 is 9.47 Å². The first-order valence-corrected chi connectivity index (χ1v) is 27.8. The summed E-state index contributed by atoms with van der Waals surface area (Å²) < 4.78 is 103. The van der Waals surface area contributed by atoms with Gasteiger partial charge in [0, 0.05) is 51.7 Å². The summed E-state index contributed by atoms with van der Waals surface area (Å²) in [6.07, 6.45) is 10.9. The lowest BCUT2D eigenvalue weighted by Crippen LogP contribution is -2.31. The van der Waals surface area contributed by atoms with Crippen molar-refractivity contribution >= 4 is 36.5 Å². The van der Waals surface area contributed by atoms with E-state index in [4.69, 9.17) is 85.3 Å². The van der Waals surface area contributed by atoms with Gasteiger partial charge >= 0.3 is 0 Å². The van der Waals surface area contributed by atoms with E-state index in [9.17, 15) is 20.2 Å². The molecule has 0 atom stereocenters. The summed E-state index contributed by atoms with van der Waals surface area (Å²) in [5.74, 6) is 0.900. The van der Waals surface area contributed by atoms with Gasteiger partial charge in [0.05, 0.1) is 195 Å². The molecule has 470 valence electrons. The molecule has 0 unspecified atom stereocenters. The SMILES string of the molecule is COCCOCCOCCOCC(COCCOCCOCCOC)Oc1cc(/C=C/c2ccc(/C=C/[N+](=O)[O-])cc2)c(OC(COCCOCCOCCOC)COCCOCCOCCOC)cc1/C=C/c1ccc(/C=C/[N+](=O)[O-])cc1. The van der Waals surface area contributed by atoms with Crippen LogP contribution in [0.15, 0.2) is 73.1 Å². The molecule has 0 amide bonds. The maximum absolute atomic E-state index is 11.0. The number of nitrogens with zero attached hydrogens (tertiary/aromatic N) is 2. The van der Waals surface area contributed by atoms with Crippen molar-refractivity contribution in [3.05, 3.63) is 127 Å². The summed E-state index contributed by atoms with van der Waals surface area (Å²) in [5.41, 5.74) is 4.13. The Labute approximate surface area is 493 Å². The second-order valence-corrected chi connectivity index (χ2v) is 17.8. The van der Waals surface area contributed by atoms with Gasteiger partial charge in [0.15, 0.2) is 0 Å². The zero-order chi connectivity index (χ0) is 60.2. The largest absolute Gasteiger partial charge is 0.485 e. The smallest absolute Gasteiger partial charge is 0.235 e. The molecular formula is C60H88N2O22. The van der Waals surface area contributed by atoms with E-state index in [0.717, 1.165) is 23.5 Å². The van der Waals surface area contributed by atoms with Crippen LogP contribution in [0.1, 0.15) is 33.4 Å². The van der Waals surface area contributed by atoms with Crippen LogP contribution in [0, 0.1) is 20.2 Å². The van der Waals surface area contributed by atoms with Gasteiger partial charge in [0.1, 0.15) is 23.7 Å². The van der Waals surface area contributed by atoms with Crippen LogP contribution in [0.3, 0.4) is 0 Å². The summed E-state index contributed by atoms with van der Waals surface area (Å²) in [6.45, 7) is 9.82. The fourth-order valence-corrected chi connectivity index (χ4v) is 6.94. The fourth-order valence-electron chi connectivity index (χ4n) is 6.94. The van der Waals surface area contributed by atoms with E-state index in [-0.39, 0.29) is 52.9 Å². The van der Waals surface area contributed by atoms with E-state index >= 15 is 0 Å². The van der Waals surface area contributed by atoms with Gasteiger partial charge in [-0.2, -0.15) is 0 Å². The number of hydrogen-bond donors (Lipinski definition) is 0. The minimum atomic E-state index is -0.643. The van der Waals surface area contributed by atoms with Crippen LogP contribution >= 0.6 is 0 Å². The van der Waals surface area contributed by atoms with E-state index in [1.807, 2.05) is 60.7 Å². The van der Waals surface area contributed by atoms with Gasteiger partial charge in [-0.1, -0.05) is 72.8 Å². The standard InChI is InChI=1S/C60H88N2O22/c1-67-21-25-71-29-33-75-37-41-79-47-57(48-80-42-38-76-34-30-72-26-22-68-2)83-59-45-56(16-14-52-7-11-54(12-8-52)18-20-62(65)66)60(46-55(59)15-13-51-5-9-53(10-6-51)17-19-61(63)64)84-58(49-81-43-39-77-35-31-73-27-23-69-3)50-82-44-40-78-36-32-74-28-24-70-4/h5-20,45-46,57-58H,21-44,47-50H2,1-4H3/b15-13+,16-14+,19-17+,20-18+. The Balaban J connectivity index is 2.06. The van der Waals surface area contributed by atoms with Crippen LogP contribution in [0.2, 0.25) is 0 Å².